The number of amides is 2. The fourth-order valence-electron chi connectivity index (χ4n) is 4.49. The van der Waals surface area contributed by atoms with Crippen LogP contribution in [0.1, 0.15) is 23.1 Å². The predicted molar refractivity (Wildman–Crippen MR) is 148 cm³/mol. The number of thiazole rings is 1. The maximum absolute atomic E-state index is 13.5. The van der Waals surface area contributed by atoms with E-state index in [1.165, 1.54) is 28.4 Å². The van der Waals surface area contributed by atoms with E-state index < -0.39 is 24.1 Å². The Kier molecular flexibility index (Phi) is 7.88. The molecule has 13 heteroatoms. The molecule has 8 nitrogen and oxygen atoms in total. The number of thiol groups is 1. The highest BCUT2D eigenvalue weighted by molar-refractivity contribution is 7.82. The number of rotatable bonds is 8. The van der Waals surface area contributed by atoms with Crippen molar-refractivity contribution in [3.05, 3.63) is 77.4 Å². The zero-order valence-electron chi connectivity index (χ0n) is 20.8. The molecule has 2 heterocycles. The van der Waals surface area contributed by atoms with Crippen molar-refractivity contribution in [3.63, 3.8) is 0 Å². The molecular formula is C27H23F3N4O4S2. The first-order chi connectivity index (χ1) is 19.0. The van der Waals surface area contributed by atoms with Crippen LogP contribution in [0.3, 0.4) is 0 Å². The van der Waals surface area contributed by atoms with E-state index in [9.17, 15) is 22.8 Å². The van der Waals surface area contributed by atoms with Crippen LogP contribution in [0.25, 0.3) is 10.2 Å². The van der Waals surface area contributed by atoms with E-state index in [1.807, 2.05) is 24.3 Å². The molecule has 0 unspecified atom stereocenters. The Morgan fingerprint density at radius 2 is 1.82 bits per heavy atom. The van der Waals surface area contributed by atoms with Gasteiger partial charge < -0.3 is 15.2 Å². The number of nitrogens with one attached hydrogen (secondary N) is 1. The third kappa shape index (κ3) is 6.84. The number of halogens is 3. The number of hydrogen-bond donors (Lipinski definition) is 3. The molecule has 0 saturated carbocycles. The number of carboxylic acids is 1. The average Bonchev–Trinajstić information content (AvgIpc) is 3.47. The van der Waals surface area contributed by atoms with Crippen molar-refractivity contribution in [1.29, 1.82) is 0 Å². The van der Waals surface area contributed by atoms with Gasteiger partial charge in [-0.15, -0.1) is 37.1 Å². The minimum atomic E-state index is -4.81. The van der Waals surface area contributed by atoms with E-state index in [4.69, 9.17) is 5.11 Å². The van der Waals surface area contributed by atoms with Gasteiger partial charge in [-0.2, -0.15) is 0 Å². The number of carbonyl (C=O) groups is 2. The number of benzene rings is 3. The third-order valence-electron chi connectivity index (χ3n) is 6.30. The van der Waals surface area contributed by atoms with Gasteiger partial charge in [-0.3, -0.25) is 14.6 Å². The second-order valence-electron chi connectivity index (χ2n) is 9.19. The summed E-state index contributed by atoms with van der Waals surface area (Å²) < 4.78 is 42.9. The van der Waals surface area contributed by atoms with Crippen molar-refractivity contribution >= 4 is 57.6 Å². The first kappa shape index (κ1) is 27.7. The van der Waals surface area contributed by atoms with E-state index >= 15 is 0 Å². The normalized spacial score (nSPS) is 13.3. The number of alkyl halides is 3. The van der Waals surface area contributed by atoms with Crippen molar-refractivity contribution in [2.75, 3.05) is 16.8 Å². The molecule has 0 atom stereocenters. The molecule has 1 aliphatic rings. The molecular weight excluding hydrogens is 565 g/mol. The zero-order chi connectivity index (χ0) is 28.4. The maximum Gasteiger partial charge on any atom is 0.573 e. The number of urea groups is 1. The first-order valence-corrected chi connectivity index (χ1v) is 13.4. The maximum atomic E-state index is 13.5. The Morgan fingerprint density at radius 3 is 2.55 bits per heavy atom. The van der Waals surface area contributed by atoms with Crippen LogP contribution in [-0.4, -0.2) is 39.9 Å². The summed E-state index contributed by atoms with van der Waals surface area (Å²) in [5, 5.41) is 11.7. The van der Waals surface area contributed by atoms with Gasteiger partial charge in [0.1, 0.15) is 10.1 Å². The number of carboxylic acid groups (broad SMARTS) is 1. The Bertz CT molecular complexity index is 1560. The van der Waals surface area contributed by atoms with Crippen LogP contribution in [-0.2, 0) is 24.4 Å². The Balaban J connectivity index is 1.38. The van der Waals surface area contributed by atoms with Gasteiger partial charge in [0.25, 0.3) is 0 Å². The van der Waals surface area contributed by atoms with Crippen molar-refractivity contribution in [2.45, 2.75) is 36.8 Å². The summed E-state index contributed by atoms with van der Waals surface area (Å²) in [6, 6.07) is 15.8. The van der Waals surface area contributed by atoms with Crippen LogP contribution in [0.4, 0.5) is 29.3 Å². The highest BCUT2D eigenvalue weighted by Gasteiger charge is 2.31. The van der Waals surface area contributed by atoms with Crippen molar-refractivity contribution < 1.29 is 32.6 Å². The quantitative estimate of drug-likeness (QED) is 0.203. The summed E-state index contributed by atoms with van der Waals surface area (Å²) in [6.07, 6.45) is -4.75. The lowest BCUT2D eigenvalue weighted by Gasteiger charge is -2.24. The van der Waals surface area contributed by atoms with Gasteiger partial charge in [0.15, 0.2) is 0 Å². The number of anilines is 2. The number of aliphatic carboxylic acids is 1. The molecule has 3 aromatic carbocycles. The van der Waals surface area contributed by atoms with Crippen LogP contribution in [0.15, 0.2) is 65.0 Å². The molecule has 0 spiro atoms. The van der Waals surface area contributed by atoms with Crippen molar-refractivity contribution in [1.82, 2.24) is 9.88 Å². The van der Waals surface area contributed by atoms with Crippen molar-refractivity contribution in [3.8, 4) is 5.75 Å². The van der Waals surface area contributed by atoms with Gasteiger partial charge in [0, 0.05) is 31.0 Å². The van der Waals surface area contributed by atoms with Gasteiger partial charge in [-0.05, 0) is 59.2 Å². The van der Waals surface area contributed by atoms with E-state index in [0.29, 0.717) is 35.3 Å². The SMILES string of the molecule is O=C(O)CCN1Cc2ccc(CN(C(=O)Nc3ccc(OC(F)(F)F)cc3)c3ccc4nc(S)sc4c3)cc2C1. The molecule has 1 aromatic heterocycles. The van der Waals surface area contributed by atoms with Crippen LogP contribution in [0.5, 0.6) is 5.75 Å². The van der Waals surface area contributed by atoms with E-state index in [2.05, 4.69) is 32.6 Å². The van der Waals surface area contributed by atoms with Gasteiger partial charge in [-0.1, -0.05) is 18.2 Å². The number of nitrogens with zero attached hydrogens (tertiary/aromatic N) is 3. The highest BCUT2D eigenvalue weighted by Crippen LogP contribution is 2.31. The summed E-state index contributed by atoms with van der Waals surface area (Å²) >= 11 is 5.69. The molecule has 2 N–H and O–H groups in total. The molecule has 0 radical (unpaired) electrons. The fourth-order valence-corrected chi connectivity index (χ4v) is 5.63. The lowest BCUT2D eigenvalue weighted by Crippen LogP contribution is -2.34. The minimum Gasteiger partial charge on any atom is -0.481 e. The molecule has 0 fully saturated rings. The highest BCUT2D eigenvalue weighted by atomic mass is 32.2. The Labute approximate surface area is 236 Å². The molecule has 208 valence electrons. The van der Waals surface area contributed by atoms with Gasteiger partial charge >= 0.3 is 18.4 Å². The summed E-state index contributed by atoms with van der Waals surface area (Å²) in [7, 11) is 0. The standard InChI is InChI=1S/C27H23F3N4O4S2/c28-27(29,30)38-21-6-3-19(4-7-21)31-25(37)34(20-5-8-22-23(12-20)40-26(39)32-22)13-16-1-2-17-14-33(10-9-24(35)36)15-18(17)11-16/h1-8,11-12H,9-10,13-15H2,(H,31,37)(H,32,39)(H,35,36). The largest absolute Gasteiger partial charge is 0.573 e. The van der Waals surface area contributed by atoms with Crippen molar-refractivity contribution in [2.24, 2.45) is 0 Å². The predicted octanol–water partition coefficient (Wildman–Crippen LogP) is 6.51. The number of aromatic nitrogens is 1. The smallest absolute Gasteiger partial charge is 0.481 e. The van der Waals surface area contributed by atoms with Crippen LogP contribution in [0.2, 0.25) is 0 Å². The van der Waals surface area contributed by atoms with Crippen LogP contribution in [0, 0.1) is 0 Å². The molecule has 40 heavy (non-hydrogen) atoms. The molecule has 0 bridgehead atoms. The average molecular weight is 589 g/mol. The second-order valence-corrected chi connectivity index (χ2v) is 11.0. The first-order valence-electron chi connectivity index (χ1n) is 12.1. The number of fused-ring (bicyclic) bond motifs is 2. The van der Waals surface area contributed by atoms with Gasteiger partial charge in [-0.25, -0.2) is 9.78 Å². The van der Waals surface area contributed by atoms with E-state index in [-0.39, 0.29) is 13.0 Å². The molecule has 2 amide bonds. The van der Waals surface area contributed by atoms with E-state index in [1.54, 1.807) is 12.1 Å². The monoisotopic (exact) mass is 588 g/mol. The summed E-state index contributed by atoms with van der Waals surface area (Å²) in [5.74, 6) is -1.24. The lowest BCUT2D eigenvalue weighted by atomic mass is 10.1. The summed E-state index contributed by atoms with van der Waals surface area (Å²) in [5.41, 5.74) is 4.69. The molecule has 0 aliphatic carbocycles. The second kappa shape index (κ2) is 11.4. The zero-order valence-corrected chi connectivity index (χ0v) is 22.5. The summed E-state index contributed by atoms with van der Waals surface area (Å²) in [6.45, 7) is 1.94. The molecule has 0 saturated heterocycles. The van der Waals surface area contributed by atoms with Crippen LogP contribution < -0.4 is 15.0 Å². The van der Waals surface area contributed by atoms with Gasteiger partial charge in [0.05, 0.1) is 23.2 Å². The number of hydrogen-bond acceptors (Lipinski definition) is 7. The number of ether oxygens (including phenoxy) is 1. The van der Waals surface area contributed by atoms with Crippen LogP contribution >= 0.6 is 24.0 Å². The Morgan fingerprint density at radius 1 is 1.07 bits per heavy atom. The fraction of sp³-hybridized carbons (Fsp3) is 0.222. The molecule has 5 rings (SSSR count). The topological polar surface area (TPSA) is 95.0 Å². The third-order valence-corrected chi connectivity index (χ3v) is 7.49. The van der Waals surface area contributed by atoms with Gasteiger partial charge in [0.2, 0.25) is 0 Å². The summed E-state index contributed by atoms with van der Waals surface area (Å²) in [4.78, 5) is 32.4. The number of carbonyl (C=O) groups excluding carboxylic acids is 1. The molecule has 1 aliphatic heterocycles. The Hall–Kier alpha value is -3.81. The lowest BCUT2D eigenvalue weighted by molar-refractivity contribution is -0.274. The minimum absolute atomic E-state index is 0.0617. The molecule has 4 aromatic rings. The van der Waals surface area contributed by atoms with E-state index in [0.717, 1.165) is 39.0 Å².